The van der Waals surface area contributed by atoms with Crippen molar-refractivity contribution in [2.75, 3.05) is 6.61 Å². The zero-order valence-electron chi connectivity index (χ0n) is 8.67. The van der Waals surface area contributed by atoms with Gasteiger partial charge in [-0.05, 0) is 25.2 Å². The summed E-state index contributed by atoms with van der Waals surface area (Å²) in [5, 5.41) is 0. The van der Waals surface area contributed by atoms with Crippen molar-refractivity contribution < 1.29 is 9.53 Å². The second-order valence-electron chi connectivity index (χ2n) is 4.19. The molecule has 0 bridgehead atoms. The molecule has 1 unspecified atom stereocenters. The first-order valence-electron chi connectivity index (χ1n) is 4.91. The molecule has 0 heterocycles. The highest BCUT2D eigenvalue weighted by molar-refractivity contribution is 5.75. The van der Waals surface area contributed by atoms with Crippen LogP contribution < -0.4 is 0 Å². The molecule has 0 aliphatic heterocycles. The highest BCUT2D eigenvalue weighted by atomic mass is 16.5. The maximum absolute atomic E-state index is 11.5. The van der Waals surface area contributed by atoms with Crippen molar-refractivity contribution in [3.8, 4) is 0 Å². The molecule has 0 aromatic carbocycles. The van der Waals surface area contributed by atoms with Crippen LogP contribution in [0.25, 0.3) is 0 Å². The average Bonchev–Trinajstić information content (AvgIpc) is 2.03. The van der Waals surface area contributed by atoms with E-state index in [1.54, 1.807) is 0 Å². The van der Waals surface area contributed by atoms with E-state index in [0.29, 0.717) is 6.61 Å². The van der Waals surface area contributed by atoms with Crippen molar-refractivity contribution in [3.05, 3.63) is 12.2 Å². The Balaban J connectivity index is 2.70. The molecule has 1 rings (SSSR count). The molecule has 0 spiro atoms. The Hall–Kier alpha value is -0.790. The molecular formula is C11H18O2. The molecule has 0 amide bonds. The second-order valence-corrected chi connectivity index (χ2v) is 4.19. The molecule has 0 radical (unpaired) electrons. The third kappa shape index (κ3) is 2.33. The van der Waals surface area contributed by atoms with Gasteiger partial charge >= 0.3 is 5.97 Å². The molecule has 13 heavy (non-hydrogen) atoms. The summed E-state index contributed by atoms with van der Waals surface area (Å²) in [6.45, 7) is 6.56. The van der Waals surface area contributed by atoms with Crippen molar-refractivity contribution in [2.24, 2.45) is 11.3 Å². The van der Waals surface area contributed by atoms with Crippen LogP contribution in [0.5, 0.6) is 0 Å². The molecule has 2 heteroatoms. The average molecular weight is 182 g/mol. The fraction of sp³-hybridized carbons (Fsp3) is 0.727. The van der Waals surface area contributed by atoms with Gasteiger partial charge in [0.05, 0.1) is 12.5 Å². The van der Waals surface area contributed by atoms with Crippen LogP contribution in [0, 0.1) is 11.3 Å². The van der Waals surface area contributed by atoms with Crippen LogP contribution in [-0.2, 0) is 9.53 Å². The molecule has 74 valence electrons. The van der Waals surface area contributed by atoms with Gasteiger partial charge in [-0.2, -0.15) is 0 Å². The van der Waals surface area contributed by atoms with E-state index >= 15 is 0 Å². The van der Waals surface area contributed by atoms with Gasteiger partial charge in [-0.1, -0.05) is 26.0 Å². The van der Waals surface area contributed by atoms with E-state index in [-0.39, 0.29) is 17.3 Å². The predicted molar refractivity (Wildman–Crippen MR) is 52.3 cm³/mol. The topological polar surface area (TPSA) is 26.3 Å². The summed E-state index contributed by atoms with van der Waals surface area (Å²) < 4.78 is 5.03. The zero-order valence-corrected chi connectivity index (χ0v) is 8.67. The highest BCUT2D eigenvalue weighted by Gasteiger charge is 2.35. The van der Waals surface area contributed by atoms with Crippen molar-refractivity contribution in [1.29, 1.82) is 0 Å². The van der Waals surface area contributed by atoms with Crippen LogP contribution in [0.1, 0.15) is 33.6 Å². The molecule has 1 aliphatic carbocycles. The van der Waals surface area contributed by atoms with Crippen LogP contribution in [-0.4, -0.2) is 12.6 Å². The van der Waals surface area contributed by atoms with E-state index in [0.717, 1.165) is 12.8 Å². The monoisotopic (exact) mass is 182 g/mol. The van der Waals surface area contributed by atoms with Gasteiger partial charge in [-0.15, -0.1) is 0 Å². The molecule has 0 saturated carbocycles. The van der Waals surface area contributed by atoms with Crippen LogP contribution in [0.15, 0.2) is 12.2 Å². The van der Waals surface area contributed by atoms with Gasteiger partial charge in [0, 0.05) is 0 Å². The minimum Gasteiger partial charge on any atom is -0.466 e. The summed E-state index contributed by atoms with van der Waals surface area (Å²) in [6.07, 6.45) is 6.20. The van der Waals surface area contributed by atoms with Gasteiger partial charge in [-0.3, -0.25) is 4.79 Å². The summed E-state index contributed by atoms with van der Waals surface area (Å²) in [5.41, 5.74) is 0.0566. The molecule has 1 atom stereocenters. The highest BCUT2D eigenvalue weighted by Crippen LogP contribution is 2.37. The molecule has 1 aliphatic rings. The molecule has 2 nitrogen and oxygen atoms in total. The van der Waals surface area contributed by atoms with E-state index in [2.05, 4.69) is 19.9 Å². The quantitative estimate of drug-likeness (QED) is 0.484. The molecule has 0 fully saturated rings. The largest absolute Gasteiger partial charge is 0.466 e. The molecule has 0 aromatic rings. The lowest BCUT2D eigenvalue weighted by atomic mass is 9.72. The lowest BCUT2D eigenvalue weighted by molar-refractivity contribution is -0.150. The van der Waals surface area contributed by atoms with Gasteiger partial charge in [0.1, 0.15) is 0 Å². The maximum atomic E-state index is 11.5. The molecule has 0 saturated heterocycles. The summed E-state index contributed by atoms with van der Waals surface area (Å²) in [7, 11) is 0. The summed E-state index contributed by atoms with van der Waals surface area (Å²) in [4.78, 5) is 11.5. The van der Waals surface area contributed by atoms with Crippen LogP contribution >= 0.6 is 0 Å². The van der Waals surface area contributed by atoms with E-state index in [4.69, 9.17) is 4.74 Å². The maximum Gasteiger partial charge on any atom is 0.313 e. The fourth-order valence-corrected chi connectivity index (χ4v) is 1.73. The first kappa shape index (κ1) is 10.3. The zero-order chi connectivity index (χ0) is 9.90. The minimum absolute atomic E-state index is 0.0544. The lowest BCUT2D eigenvalue weighted by Gasteiger charge is -2.33. The Labute approximate surface area is 80.0 Å². The number of carbonyl (C=O) groups is 1. The molecular weight excluding hydrogens is 164 g/mol. The standard InChI is InChI=1S/C11H18O2/c1-4-13-10(12)9-7-5-6-8-11(9,2)3/h5,7,9H,4,6,8H2,1-3H3. The molecule has 0 aromatic heterocycles. The number of hydrogen-bond acceptors (Lipinski definition) is 2. The third-order valence-corrected chi connectivity index (χ3v) is 2.67. The number of carbonyl (C=O) groups excluding carboxylic acids is 1. The van der Waals surface area contributed by atoms with Gasteiger partial charge in [0.15, 0.2) is 0 Å². The van der Waals surface area contributed by atoms with E-state index < -0.39 is 0 Å². The van der Waals surface area contributed by atoms with Crippen molar-refractivity contribution in [3.63, 3.8) is 0 Å². The van der Waals surface area contributed by atoms with Crippen molar-refractivity contribution in [2.45, 2.75) is 33.6 Å². The Kier molecular flexibility index (Phi) is 3.12. The van der Waals surface area contributed by atoms with Crippen LogP contribution in [0.3, 0.4) is 0 Å². The Morgan fingerprint density at radius 2 is 2.31 bits per heavy atom. The Morgan fingerprint density at radius 3 is 2.85 bits per heavy atom. The fourth-order valence-electron chi connectivity index (χ4n) is 1.73. The van der Waals surface area contributed by atoms with Crippen molar-refractivity contribution in [1.82, 2.24) is 0 Å². The molecule has 0 N–H and O–H groups in total. The minimum atomic E-state index is -0.0801. The van der Waals surface area contributed by atoms with Crippen molar-refractivity contribution >= 4 is 5.97 Å². The third-order valence-electron chi connectivity index (χ3n) is 2.67. The summed E-state index contributed by atoms with van der Waals surface area (Å²) in [5.74, 6) is -0.135. The predicted octanol–water partition coefficient (Wildman–Crippen LogP) is 2.54. The van der Waals surface area contributed by atoms with E-state index in [1.165, 1.54) is 0 Å². The first-order chi connectivity index (χ1) is 6.08. The van der Waals surface area contributed by atoms with Crippen LogP contribution in [0.4, 0.5) is 0 Å². The number of esters is 1. The van der Waals surface area contributed by atoms with Gasteiger partial charge < -0.3 is 4.74 Å². The van der Waals surface area contributed by atoms with Gasteiger partial charge in [-0.25, -0.2) is 0 Å². The normalized spacial score (nSPS) is 25.6. The SMILES string of the molecule is CCOC(=O)C1C=CCCC1(C)C. The smallest absolute Gasteiger partial charge is 0.313 e. The number of hydrogen-bond donors (Lipinski definition) is 0. The van der Waals surface area contributed by atoms with E-state index in [9.17, 15) is 4.79 Å². The number of allylic oxidation sites excluding steroid dienone is 1. The number of ether oxygens (including phenoxy) is 1. The number of rotatable bonds is 2. The lowest BCUT2D eigenvalue weighted by Crippen LogP contribution is -2.32. The van der Waals surface area contributed by atoms with Crippen LogP contribution in [0.2, 0.25) is 0 Å². The Bertz CT molecular complexity index is 216. The van der Waals surface area contributed by atoms with Gasteiger partial charge in [0.25, 0.3) is 0 Å². The Morgan fingerprint density at radius 1 is 1.62 bits per heavy atom. The summed E-state index contributed by atoms with van der Waals surface area (Å²) in [6, 6.07) is 0. The summed E-state index contributed by atoms with van der Waals surface area (Å²) >= 11 is 0. The second kappa shape index (κ2) is 3.95. The first-order valence-corrected chi connectivity index (χ1v) is 4.91. The van der Waals surface area contributed by atoms with E-state index in [1.807, 2.05) is 13.0 Å². The van der Waals surface area contributed by atoms with Gasteiger partial charge in [0.2, 0.25) is 0 Å².